The van der Waals surface area contributed by atoms with Gasteiger partial charge in [0.2, 0.25) is 0 Å². The molecule has 0 radical (unpaired) electrons. The van der Waals surface area contributed by atoms with Gasteiger partial charge in [-0.15, -0.1) is 0 Å². The summed E-state index contributed by atoms with van der Waals surface area (Å²) < 4.78 is 30.8. The fourth-order valence-corrected chi connectivity index (χ4v) is 3.24. The first-order chi connectivity index (χ1) is 8.34. The summed E-state index contributed by atoms with van der Waals surface area (Å²) >= 11 is 0. The van der Waals surface area contributed by atoms with Crippen molar-refractivity contribution < 1.29 is 22.7 Å². The highest BCUT2D eigenvalue weighted by molar-refractivity contribution is 7.86. The zero-order chi connectivity index (χ0) is 13.5. The lowest BCUT2D eigenvalue weighted by atomic mass is 10.2. The number of cyclic esters (lactones) is 1. The average Bonchev–Trinajstić information content (AvgIpc) is 2.86. The van der Waals surface area contributed by atoms with E-state index in [4.69, 9.17) is 0 Å². The molecule has 2 amide bonds. The van der Waals surface area contributed by atoms with E-state index in [0.29, 0.717) is 13.0 Å². The Morgan fingerprint density at radius 3 is 2.50 bits per heavy atom. The van der Waals surface area contributed by atoms with Crippen molar-refractivity contribution >= 4 is 22.2 Å². The van der Waals surface area contributed by atoms with Crippen molar-refractivity contribution in [1.29, 1.82) is 0 Å². The lowest BCUT2D eigenvalue weighted by Crippen LogP contribution is -2.44. The summed E-state index contributed by atoms with van der Waals surface area (Å²) in [6, 6.07) is -0.428. The summed E-state index contributed by atoms with van der Waals surface area (Å²) in [5.74, 6) is -0.408. The minimum atomic E-state index is -3.50. The van der Waals surface area contributed by atoms with E-state index in [1.165, 1.54) is 18.4 Å². The summed E-state index contributed by atoms with van der Waals surface area (Å²) in [4.78, 5) is 23.8. The molecule has 0 aromatic rings. The zero-order valence-electron chi connectivity index (χ0n) is 10.2. The first-order valence-corrected chi connectivity index (χ1v) is 6.90. The molecule has 0 N–H and O–H groups in total. The van der Waals surface area contributed by atoms with Crippen LogP contribution in [0.1, 0.15) is 6.42 Å². The van der Waals surface area contributed by atoms with Crippen LogP contribution in [0.5, 0.6) is 0 Å². The minimum Gasteiger partial charge on any atom is -0.439 e. The van der Waals surface area contributed by atoms with Gasteiger partial charge in [-0.2, -0.15) is 17.0 Å². The van der Waals surface area contributed by atoms with Gasteiger partial charge in [0, 0.05) is 27.2 Å². The smallest absolute Gasteiger partial charge is 0.417 e. The predicted molar refractivity (Wildman–Crippen MR) is 60.8 cm³/mol. The van der Waals surface area contributed by atoms with Crippen molar-refractivity contribution in [3.8, 4) is 0 Å². The van der Waals surface area contributed by atoms with Crippen LogP contribution in [0.2, 0.25) is 0 Å². The molecule has 102 valence electrons. The van der Waals surface area contributed by atoms with Gasteiger partial charge in [0.1, 0.15) is 0 Å². The molecule has 2 rings (SSSR count). The molecular weight excluding hydrogens is 262 g/mol. The second-order valence-electron chi connectivity index (χ2n) is 4.41. The third kappa shape index (κ3) is 2.08. The van der Waals surface area contributed by atoms with Gasteiger partial charge >= 0.3 is 6.09 Å². The molecule has 1 unspecified atom stereocenters. The lowest BCUT2D eigenvalue weighted by Gasteiger charge is -2.22. The predicted octanol–water partition coefficient (Wildman–Crippen LogP) is -1.15. The zero-order valence-corrected chi connectivity index (χ0v) is 11.0. The molecule has 0 aromatic carbocycles. The number of carbonyl (C=O) groups is 2. The van der Waals surface area contributed by atoms with E-state index < -0.39 is 28.3 Å². The standard InChI is InChI=1S/C9H15N3O5S/c1-10(2)18(15,16)11-4-3-7(5-11)12-8(13)6-17-9(12)14/h7H,3-6H2,1-2H3. The highest BCUT2D eigenvalue weighted by Crippen LogP contribution is 2.22. The van der Waals surface area contributed by atoms with Crippen LogP contribution >= 0.6 is 0 Å². The Labute approximate surface area is 105 Å². The van der Waals surface area contributed by atoms with E-state index in [2.05, 4.69) is 4.74 Å². The van der Waals surface area contributed by atoms with Crippen LogP contribution in [0.25, 0.3) is 0 Å². The second-order valence-corrected chi connectivity index (χ2v) is 6.55. The van der Waals surface area contributed by atoms with E-state index in [0.717, 1.165) is 9.21 Å². The van der Waals surface area contributed by atoms with Crippen molar-refractivity contribution in [3.63, 3.8) is 0 Å². The average molecular weight is 277 g/mol. The Morgan fingerprint density at radius 1 is 1.33 bits per heavy atom. The third-order valence-electron chi connectivity index (χ3n) is 3.06. The molecule has 0 spiro atoms. The normalized spacial score (nSPS) is 26.2. The Balaban J connectivity index is 2.10. The number of ether oxygens (including phenoxy) is 1. The van der Waals surface area contributed by atoms with Crippen molar-refractivity contribution in [2.75, 3.05) is 33.8 Å². The van der Waals surface area contributed by atoms with E-state index in [9.17, 15) is 18.0 Å². The maximum absolute atomic E-state index is 11.9. The van der Waals surface area contributed by atoms with Gasteiger partial charge in [-0.25, -0.2) is 9.69 Å². The summed E-state index contributed by atoms with van der Waals surface area (Å²) in [6.07, 6.45) is -0.248. The van der Waals surface area contributed by atoms with Crippen LogP contribution in [0.4, 0.5) is 4.79 Å². The number of imide groups is 1. The van der Waals surface area contributed by atoms with Gasteiger partial charge < -0.3 is 4.74 Å². The van der Waals surface area contributed by atoms with Crippen LogP contribution in [-0.2, 0) is 19.7 Å². The van der Waals surface area contributed by atoms with E-state index >= 15 is 0 Å². The Hall–Kier alpha value is -1.19. The summed E-state index contributed by atoms with van der Waals surface area (Å²) in [6.45, 7) is 0.166. The fraction of sp³-hybridized carbons (Fsp3) is 0.778. The molecule has 0 bridgehead atoms. The topological polar surface area (TPSA) is 87.2 Å². The van der Waals surface area contributed by atoms with Gasteiger partial charge in [-0.05, 0) is 6.42 Å². The number of hydrogen-bond acceptors (Lipinski definition) is 5. The highest BCUT2D eigenvalue weighted by Gasteiger charge is 2.43. The van der Waals surface area contributed by atoms with Gasteiger partial charge in [0.05, 0.1) is 6.04 Å². The third-order valence-corrected chi connectivity index (χ3v) is 4.97. The van der Waals surface area contributed by atoms with Gasteiger partial charge in [0.25, 0.3) is 16.1 Å². The quantitative estimate of drug-likeness (QED) is 0.650. The SMILES string of the molecule is CN(C)S(=O)(=O)N1CCC(N2C(=O)COC2=O)C1. The van der Waals surface area contributed by atoms with Gasteiger partial charge in [-0.1, -0.05) is 0 Å². The first kappa shape index (κ1) is 13.2. The molecule has 2 saturated heterocycles. The van der Waals surface area contributed by atoms with Crippen molar-refractivity contribution in [2.45, 2.75) is 12.5 Å². The first-order valence-electron chi connectivity index (χ1n) is 5.50. The Morgan fingerprint density at radius 2 is 2.00 bits per heavy atom. The molecule has 2 fully saturated rings. The summed E-state index contributed by atoms with van der Waals surface area (Å²) in [5, 5.41) is 0. The second kappa shape index (κ2) is 4.48. The van der Waals surface area contributed by atoms with Crippen molar-refractivity contribution in [3.05, 3.63) is 0 Å². The number of rotatable bonds is 3. The number of amides is 2. The summed E-state index contributed by atoms with van der Waals surface area (Å²) in [5.41, 5.74) is 0. The Bertz CT molecular complexity index is 459. The molecule has 0 aliphatic carbocycles. The lowest BCUT2D eigenvalue weighted by molar-refractivity contribution is -0.127. The van der Waals surface area contributed by atoms with Crippen molar-refractivity contribution in [2.24, 2.45) is 0 Å². The van der Waals surface area contributed by atoms with Crippen LogP contribution in [0.15, 0.2) is 0 Å². The monoisotopic (exact) mass is 277 g/mol. The molecule has 1 atom stereocenters. The van der Waals surface area contributed by atoms with Crippen LogP contribution in [0.3, 0.4) is 0 Å². The van der Waals surface area contributed by atoms with E-state index in [-0.39, 0.29) is 13.2 Å². The molecular formula is C9H15N3O5S. The van der Waals surface area contributed by atoms with Gasteiger partial charge in [-0.3, -0.25) is 4.79 Å². The number of carbonyl (C=O) groups excluding carboxylic acids is 2. The summed E-state index contributed by atoms with van der Waals surface area (Å²) in [7, 11) is -0.613. The van der Waals surface area contributed by atoms with Crippen LogP contribution in [-0.4, -0.2) is 73.8 Å². The number of hydrogen-bond donors (Lipinski definition) is 0. The van der Waals surface area contributed by atoms with E-state index in [1.807, 2.05) is 0 Å². The van der Waals surface area contributed by atoms with Crippen LogP contribution < -0.4 is 0 Å². The molecule has 0 saturated carbocycles. The Kier molecular flexibility index (Phi) is 3.30. The minimum absolute atomic E-state index is 0.126. The molecule has 8 nitrogen and oxygen atoms in total. The molecule has 9 heteroatoms. The number of nitrogens with zero attached hydrogens (tertiary/aromatic N) is 3. The largest absolute Gasteiger partial charge is 0.439 e. The van der Waals surface area contributed by atoms with Crippen LogP contribution in [0, 0.1) is 0 Å². The molecule has 18 heavy (non-hydrogen) atoms. The highest BCUT2D eigenvalue weighted by atomic mass is 32.2. The maximum Gasteiger partial charge on any atom is 0.417 e. The van der Waals surface area contributed by atoms with Crippen molar-refractivity contribution in [1.82, 2.24) is 13.5 Å². The molecule has 2 aliphatic heterocycles. The fourth-order valence-electron chi connectivity index (χ4n) is 2.08. The van der Waals surface area contributed by atoms with E-state index in [1.54, 1.807) is 0 Å². The molecule has 2 heterocycles. The maximum atomic E-state index is 11.9. The van der Waals surface area contributed by atoms with Gasteiger partial charge in [0.15, 0.2) is 6.61 Å². The molecule has 0 aromatic heterocycles. The molecule has 2 aliphatic rings.